The lowest BCUT2D eigenvalue weighted by Crippen LogP contribution is -2.46. The zero-order valence-corrected chi connectivity index (χ0v) is 13.3. The summed E-state index contributed by atoms with van der Waals surface area (Å²) in [6, 6.07) is 0.742. The van der Waals surface area contributed by atoms with Crippen LogP contribution in [0.1, 0.15) is 52.4 Å². The number of rotatable bonds is 2. The molecule has 0 radical (unpaired) electrons. The Balaban J connectivity index is 1.60. The SMILES string of the molecule is CC1CCC2N(C1)CC(C)N2CC1CCCC(Cl)C1. The molecule has 2 heterocycles. The van der Waals surface area contributed by atoms with Crippen LogP contribution < -0.4 is 0 Å². The van der Waals surface area contributed by atoms with Crippen molar-refractivity contribution in [2.45, 2.75) is 70.0 Å². The summed E-state index contributed by atoms with van der Waals surface area (Å²) in [7, 11) is 0. The third-order valence-corrected chi connectivity index (χ3v) is 5.92. The second-order valence-electron chi connectivity index (χ2n) is 7.29. The Morgan fingerprint density at radius 2 is 1.89 bits per heavy atom. The molecular formula is C16H29ClN2. The van der Waals surface area contributed by atoms with E-state index in [0.717, 1.165) is 24.0 Å². The first-order valence-electron chi connectivity index (χ1n) is 8.27. The number of hydrogen-bond acceptors (Lipinski definition) is 2. The van der Waals surface area contributed by atoms with E-state index in [0.29, 0.717) is 5.38 Å². The van der Waals surface area contributed by atoms with E-state index >= 15 is 0 Å². The maximum absolute atomic E-state index is 6.36. The average Bonchev–Trinajstić information content (AvgIpc) is 2.65. The normalized spacial score (nSPS) is 45.3. The molecule has 0 amide bonds. The Morgan fingerprint density at radius 1 is 1.05 bits per heavy atom. The summed E-state index contributed by atoms with van der Waals surface area (Å²) in [6.45, 7) is 8.72. The molecule has 110 valence electrons. The molecule has 3 heteroatoms. The minimum Gasteiger partial charge on any atom is -0.286 e. The van der Waals surface area contributed by atoms with Crippen LogP contribution in [0.4, 0.5) is 0 Å². The number of halogens is 1. The molecule has 0 bridgehead atoms. The van der Waals surface area contributed by atoms with Crippen LogP contribution in [0.3, 0.4) is 0 Å². The smallest absolute Gasteiger partial charge is 0.0626 e. The van der Waals surface area contributed by atoms with E-state index in [4.69, 9.17) is 11.6 Å². The van der Waals surface area contributed by atoms with Crippen molar-refractivity contribution in [2.75, 3.05) is 19.6 Å². The van der Waals surface area contributed by atoms with Crippen LogP contribution in [0.15, 0.2) is 0 Å². The molecule has 19 heavy (non-hydrogen) atoms. The lowest BCUT2D eigenvalue weighted by Gasteiger charge is -2.39. The molecule has 3 aliphatic rings. The molecule has 0 N–H and O–H groups in total. The Kier molecular flexibility index (Phi) is 4.40. The molecule has 1 aliphatic carbocycles. The summed E-state index contributed by atoms with van der Waals surface area (Å²) < 4.78 is 0. The van der Waals surface area contributed by atoms with Gasteiger partial charge in [-0.25, -0.2) is 0 Å². The summed E-state index contributed by atoms with van der Waals surface area (Å²) >= 11 is 6.36. The van der Waals surface area contributed by atoms with Crippen molar-refractivity contribution in [2.24, 2.45) is 11.8 Å². The second-order valence-corrected chi connectivity index (χ2v) is 7.91. The molecule has 0 aromatic carbocycles. The third-order valence-electron chi connectivity index (χ3n) is 5.52. The largest absolute Gasteiger partial charge is 0.286 e. The lowest BCUT2D eigenvalue weighted by molar-refractivity contribution is 0.0532. The standard InChI is InChI=1S/C16H29ClN2/c1-12-6-7-16-18(9-12)10-13(2)19(16)11-14-4-3-5-15(17)8-14/h12-16H,3-11H2,1-2H3. The van der Waals surface area contributed by atoms with Crippen molar-refractivity contribution in [3.63, 3.8) is 0 Å². The van der Waals surface area contributed by atoms with Crippen LogP contribution in [0, 0.1) is 11.8 Å². The molecule has 3 fully saturated rings. The summed E-state index contributed by atoms with van der Waals surface area (Å²) in [6.07, 6.45) is 8.74. The predicted octanol–water partition coefficient (Wildman–Crippen LogP) is 3.55. The Bertz CT molecular complexity index is 309. The van der Waals surface area contributed by atoms with Gasteiger partial charge in [0.2, 0.25) is 0 Å². The maximum atomic E-state index is 6.36. The van der Waals surface area contributed by atoms with E-state index in [1.807, 2.05) is 0 Å². The highest BCUT2D eigenvalue weighted by Gasteiger charge is 2.40. The van der Waals surface area contributed by atoms with Crippen molar-refractivity contribution < 1.29 is 0 Å². The number of piperidine rings is 1. The van der Waals surface area contributed by atoms with E-state index in [-0.39, 0.29) is 0 Å². The van der Waals surface area contributed by atoms with Crippen LogP contribution >= 0.6 is 11.6 Å². The Morgan fingerprint density at radius 3 is 2.68 bits per heavy atom. The molecule has 5 unspecified atom stereocenters. The fraction of sp³-hybridized carbons (Fsp3) is 1.00. The van der Waals surface area contributed by atoms with E-state index in [1.165, 1.54) is 58.2 Å². The minimum absolute atomic E-state index is 0.444. The van der Waals surface area contributed by atoms with Gasteiger partial charge in [0.1, 0.15) is 0 Å². The van der Waals surface area contributed by atoms with E-state index in [1.54, 1.807) is 0 Å². The summed E-state index contributed by atoms with van der Waals surface area (Å²) in [5, 5.41) is 0.444. The lowest BCUT2D eigenvalue weighted by atomic mass is 9.88. The second kappa shape index (κ2) is 5.91. The Hall–Kier alpha value is 0.210. The van der Waals surface area contributed by atoms with Crippen molar-refractivity contribution in [3.8, 4) is 0 Å². The zero-order chi connectivity index (χ0) is 13.4. The first-order chi connectivity index (χ1) is 9.13. The van der Waals surface area contributed by atoms with Gasteiger partial charge in [0.05, 0.1) is 6.17 Å². The number of alkyl halides is 1. The molecule has 2 nitrogen and oxygen atoms in total. The van der Waals surface area contributed by atoms with Crippen molar-refractivity contribution in [1.29, 1.82) is 0 Å². The molecule has 1 saturated carbocycles. The molecule has 0 aromatic heterocycles. The van der Waals surface area contributed by atoms with Gasteiger partial charge in [-0.15, -0.1) is 11.6 Å². The summed E-state index contributed by atoms with van der Waals surface area (Å²) in [5.74, 6) is 1.74. The fourth-order valence-electron chi connectivity index (χ4n) is 4.53. The molecule has 5 atom stereocenters. The zero-order valence-electron chi connectivity index (χ0n) is 12.5. The first kappa shape index (κ1) is 14.2. The van der Waals surface area contributed by atoms with Crippen LogP contribution in [-0.2, 0) is 0 Å². The highest BCUT2D eigenvalue weighted by molar-refractivity contribution is 6.20. The molecular weight excluding hydrogens is 256 g/mol. The van der Waals surface area contributed by atoms with Crippen molar-refractivity contribution in [1.82, 2.24) is 9.80 Å². The molecule has 0 aromatic rings. The monoisotopic (exact) mass is 284 g/mol. The summed E-state index contributed by atoms with van der Waals surface area (Å²) in [5.41, 5.74) is 0. The van der Waals surface area contributed by atoms with Crippen LogP contribution in [0.2, 0.25) is 0 Å². The van der Waals surface area contributed by atoms with E-state index in [9.17, 15) is 0 Å². The van der Waals surface area contributed by atoms with Gasteiger partial charge < -0.3 is 0 Å². The van der Waals surface area contributed by atoms with E-state index < -0.39 is 0 Å². The van der Waals surface area contributed by atoms with Crippen molar-refractivity contribution >= 4 is 11.6 Å². The molecule has 2 aliphatic heterocycles. The van der Waals surface area contributed by atoms with Crippen LogP contribution in [0.5, 0.6) is 0 Å². The van der Waals surface area contributed by atoms with Gasteiger partial charge in [0.15, 0.2) is 0 Å². The third kappa shape index (κ3) is 3.11. The van der Waals surface area contributed by atoms with Crippen molar-refractivity contribution in [3.05, 3.63) is 0 Å². The van der Waals surface area contributed by atoms with Gasteiger partial charge in [-0.3, -0.25) is 9.80 Å². The van der Waals surface area contributed by atoms with Gasteiger partial charge in [-0.05, 0) is 50.9 Å². The molecule has 0 spiro atoms. The molecule has 2 saturated heterocycles. The Labute approximate surface area is 123 Å². The highest BCUT2D eigenvalue weighted by Crippen LogP contribution is 2.34. The van der Waals surface area contributed by atoms with Gasteiger partial charge in [-0.1, -0.05) is 13.3 Å². The highest BCUT2D eigenvalue weighted by atomic mass is 35.5. The van der Waals surface area contributed by atoms with Gasteiger partial charge >= 0.3 is 0 Å². The summed E-state index contributed by atoms with van der Waals surface area (Å²) in [4.78, 5) is 5.53. The van der Waals surface area contributed by atoms with Gasteiger partial charge in [-0.2, -0.15) is 0 Å². The fourth-order valence-corrected chi connectivity index (χ4v) is 4.94. The number of fused-ring (bicyclic) bond motifs is 1. The van der Waals surface area contributed by atoms with E-state index in [2.05, 4.69) is 23.6 Å². The van der Waals surface area contributed by atoms with Crippen LogP contribution in [0.25, 0.3) is 0 Å². The first-order valence-corrected chi connectivity index (χ1v) is 8.71. The number of hydrogen-bond donors (Lipinski definition) is 0. The van der Waals surface area contributed by atoms with Gasteiger partial charge in [0, 0.05) is 31.1 Å². The maximum Gasteiger partial charge on any atom is 0.0626 e. The molecule has 3 rings (SSSR count). The number of nitrogens with zero attached hydrogens (tertiary/aromatic N) is 2. The van der Waals surface area contributed by atoms with Crippen LogP contribution in [-0.4, -0.2) is 47.0 Å². The quantitative estimate of drug-likeness (QED) is 0.716. The van der Waals surface area contributed by atoms with Gasteiger partial charge in [0.25, 0.3) is 0 Å². The topological polar surface area (TPSA) is 6.48 Å². The minimum atomic E-state index is 0.444. The average molecular weight is 285 g/mol. The predicted molar refractivity (Wildman–Crippen MR) is 81.5 cm³/mol.